The number of ether oxygens (including phenoxy) is 2. The van der Waals surface area contributed by atoms with Gasteiger partial charge in [-0.2, -0.15) is 0 Å². The van der Waals surface area contributed by atoms with E-state index >= 15 is 0 Å². The van der Waals surface area contributed by atoms with E-state index in [9.17, 15) is 4.79 Å². The summed E-state index contributed by atoms with van der Waals surface area (Å²) in [5.74, 6) is 1.46. The molecule has 1 aromatic carbocycles. The van der Waals surface area contributed by atoms with Gasteiger partial charge in [0.15, 0.2) is 0 Å². The van der Waals surface area contributed by atoms with Crippen molar-refractivity contribution >= 4 is 6.47 Å². The van der Waals surface area contributed by atoms with Crippen LogP contribution in [-0.4, -0.2) is 13.1 Å². The summed E-state index contributed by atoms with van der Waals surface area (Å²) in [6.45, 7) is 16.4. The van der Waals surface area contributed by atoms with Crippen molar-refractivity contribution in [1.82, 2.24) is 0 Å². The standard InChI is InChI=1S/C29H42O3/c1-21(2)11-8-12-22(3)13-9-14-23(4)15-10-16-29(7)18-26-24(5)25(6)27(32-20-30)17-28(26)31-19-29/h11,13,15,17,20H,8-10,12,14,16,18-19H2,1-7H3/b22-13+,23-15+/t29-/m1/s1. The normalized spacial score (nSPS) is 18.6. The van der Waals surface area contributed by atoms with Gasteiger partial charge in [0, 0.05) is 11.5 Å². The van der Waals surface area contributed by atoms with Crippen LogP contribution in [0.3, 0.4) is 0 Å². The van der Waals surface area contributed by atoms with E-state index in [2.05, 4.69) is 59.8 Å². The summed E-state index contributed by atoms with van der Waals surface area (Å²) >= 11 is 0. The maximum absolute atomic E-state index is 10.8. The molecular formula is C29H42O3. The Morgan fingerprint density at radius 3 is 2.25 bits per heavy atom. The Morgan fingerprint density at radius 2 is 1.62 bits per heavy atom. The molecule has 1 atom stereocenters. The van der Waals surface area contributed by atoms with E-state index in [1.165, 1.54) is 27.8 Å². The topological polar surface area (TPSA) is 35.5 Å². The fourth-order valence-electron chi connectivity index (χ4n) is 4.33. The summed E-state index contributed by atoms with van der Waals surface area (Å²) in [6.07, 6.45) is 14.9. The first-order valence-corrected chi connectivity index (χ1v) is 12.0. The lowest BCUT2D eigenvalue weighted by atomic mass is 9.77. The van der Waals surface area contributed by atoms with Crippen molar-refractivity contribution in [3.05, 3.63) is 57.7 Å². The first-order chi connectivity index (χ1) is 15.1. The third-order valence-corrected chi connectivity index (χ3v) is 6.66. The first kappa shape index (κ1) is 26.0. The summed E-state index contributed by atoms with van der Waals surface area (Å²) in [7, 11) is 0. The van der Waals surface area contributed by atoms with Crippen LogP contribution in [0.1, 0.15) is 89.8 Å². The van der Waals surface area contributed by atoms with Gasteiger partial charge in [0.1, 0.15) is 11.5 Å². The molecule has 0 bridgehead atoms. The van der Waals surface area contributed by atoms with Crippen LogP contribution in [0.15, 0.2) is 41.0 Å². The number of carbonyl (C=O) groups excluding carboxylic acids is 1. The molecule has 0 N–H and O–H groups in total. The SMILES string of the molecule is CC(C)=CCC/C(C)=C/CC/C(C)=C/CC[C@@]1(C)COc2cc(OC=O)c(C)c(C)c2C1. The quantitative estimate of drug-likeness (QED) is 0.259. The zero-order valence-electron chi connectivity index (χ0n) is 21.3. The molecule has 176 valence electrons. The first-order valence-electron chi connectivity index (χ1n) is 12.0. The highest BCUT2D eigenvalue weighted by Crippen LogP contribution is 2.42. The van der Waals surface area contributed by atoms with Gasteiger partial charge in [0.05, 0.1) is 6.61 Å². The molecule has 1 heterocycles. The minimum atomic E-state index is 0.120. The maximum atomic E-state index is 10.8. The number of fused-ring (bicyclic) bond motifs is 1. The van der Waals surface area contributed by atoms with Crippen molar-refractivity contribution < 1.29 is 14.3 Å². The van der Waals surface area contributed by atoms with Gasteiger partial charge in [-0.15, -0.1) is 0 Å². The van der Waals surface area contributed by atoms with Gasteiger partial charge in [-0.1, -0.05) is 41.9 Å². The second-order valence-corrected chi connectivity index (χ2v) is 10.1. The molecule has 1 aliphatic heterocycles. The Kier molecular flexibility index (Phi) is 9.81. The zero-order valence-corrected chi connectivity index (χ0v) is 21.3. The molecule has 0 radical (unpaired) electrons. The van der Waals surface area contributed by atoms with Gasteiger partial charge >= 0.3 is 0 Å². The highest BCUT2D eigenvalue weighted by atomic mass is 16.5. The van der Waals surface area contributed by atoms with Gasteiger partial charge in [-0.05, 0) is 103 Å². The van der Waals surface area contributed by atoms with E-state index in [4.69, 9.17) is 9.47 Å². The van der Waals surface area contributed by atoms with Gasteiger partial charge in [-0.25, -0.2) is 0 Å². The Hall–Kier alpha value is -2.29. The molecule has 1 aliphatic rings. The lowest BCUT2D eigenvalue weighted by molar-refractivity contribution is -0.120. The highest BCUT2D eigenvalue weighted by Gasteiger charge is 2.32. The molecule has 0 aromatic heterocycles. The molecular weight excluding hydrogens is 396 g/mol. The predicted molar refractivity (Wildman–Crippen MR) is 135 cm³/mol. The second kappa shape index (κ2) is 12.1. The van der Waals surface area contributed by atoms with Crippen LogP contribution in [-0.2, 0) is 11.2 Å². The van der Waals surface area contributed by atoms with Crippen LogP contribution in [0, 0.1) is 19.3 Å². The van der Waals surface area contributed by atoms with Crippen LogP contribution in [0.25, 0.3) is 0 Å². The molecule has 0 amide bonds. The van der Waals surface area contributed by atoms with Crippen molar-refractivity contribution in [3.63, 3.8) is 0 Å². The van der Waals surface area contributed by atoms with Crippen molar-refractivity contribution in [2.24, 2.45) is 5.41 Å². The molecule has 0 saturated carbocycles. The van der Waals surface area contributed by atoms with Gasteiger partial charge in [-0.3, -0.25) is 4.79 Å². The fraction of sp³-hybridized carbons (Fsp3) is 0.552. The lowest BCUT2D eigenvalue weighted by Crippen LogP contribution is -2.32. The number of hydrogen-bond acceptors (Lipinski definition) is 3. The van der Waals surface area contributed by atoms with E-state index in [1.54, 1.807) is 0 Å². The van der Waals surface area contributed by atoms with E-state index in [0.29, 0.717) is 18.8 Å². The van der Waals surface area contributed by atoms with Gasteiger partial charge in [0.25, 0.3) is 6.47 Å². The molecule has 1 aromatic rings. The van der Waals surface area contributed by atoms with Crippen LogP contribution < -0.4 is 9.47 Å². The Morgan fingerprint density at radius 1 is 1.00 bits per heavy atom. The summed E-state index contributed by atoms with van der Waals surface area (Å²) in [6, 6.07) is 1.87. The monoisotopic (exact) mass is 438 g/mol. The Labute approximate surface area is 195 Å². The smallest absolute Gasteiger partial charge is 0.298 e. The maximum Gasteiger partial charge on any atom is 0.298 e. The van der Waals surface area contributed by atoms with E-state index < -0.39 is 0 Å². The molecule has 0 spiro atoms. The van der Waals surface area contributed by atoms with Crippen LogP contribution in [0.5, 0.6) is 11.5 Å². The Balaban J connectivity index is 1.88. The van der Waals surface area contributed by atoms with Crippen molar-refractivity contribution in [2.45, 2.75) is 93.4 Å². The van der Waals surface area contributed by atoms with Crippen LogP contribution in [0.4, 0.5) is 0 Å². The van der Waals surface area contributed by atoms with E-state index in [1.807, 2.05) is 13.0 Å². The number of rotatable bonds is 11. The van der Waals surface area contributed by atoms with Gasteiger partial charge < -0.3 is 9.47 Å². The third kappa shape index (κ3) is 7.69. The van der Waals surface area contributed by atoms with Crippen molar-refractivity contribution in [3.8, 4) is 11.5 Å². The number of allylic oxidation sites excluding steroid dienone is 6. The largest absolute Gasteiger partial charge is 0.493 e. The summed E-state index contributed by atoms with van der Waals surface area (Å²) in [4.78, 5) is 10.8. The fourth-order valence-corrected chi connectivity index (χ4v) is 4.33. The van der Waals surface area contributed by atoms with Crippen molar-refractivity contribution in [1.29, 1.82) is 0 Å². The molecule has 2 rings (SSSR count). The van der Waals surface area contributed by atoms with Gasteiger partial charge in [0.2, 0.25) is 0 Å². The third-order valence-electron chi connectivity index (χ3n) is 6.66. The zero-order chi connectivity index (χ0) is 23.7. The van der Waals surface area contributed by atoms with E-state index in [-0.39, 0.29) is 5.41 Å². The predicted octanol–water partition coefficient (Wildman–Crippen LogP) is 7.98. The summed E-state index contributed by atoms with van der Waals surface area (Å²) < 4.78 is 11.3. The second-order valence-electron chi connectivity index (χ2n) is 10.1. The number of carbonyl (C=O) groups is 1. The molecule has 0 fully saturated rings. The molecule has 3 heteroatoms. The van der Waals surface area contributed by atoms with E-state index in [0.717, 1.165) is 56.3 Å². The minimum absolute atomic E-state index is 0.120. The minimum Gasteiger partial charge on any atom is -0.493 e. The molecule has 32 heavy (non-hydrogen) atoms. The summed E-state index contributed by atoms with van der Waals surface area (Å²) in [5, 5.41) is 0. The molecule has 0 saturated heterocycles. The molecule has 3 nitrogen and oxygen atoms in total. The van der Waals surface area contributed by atoms with Crippen LogP contribution in [0.2, 0.25) is 0 Å². The Bertz CT molecular complexity index is 884. The molecule has 0 aliphatic carbocycles. The average molecular weight is 439 g/mol. The number of hydrogen-bond donors (Lipinski definition) is 0. The average Bonchev–Trinajstić information content (AvgIpc) is 2.72. The molecule has 0 unspecified atom stereocenters. The lowest BCUT2D eigenvalue weighted by Gasteiger charge is -2.36. The number of benzene rings is 1. The summed E-state index contributed by atoms with van der Waals surface area (Å²) in [5.41, 5.74) is 7.93. The van der Waals surface area contributed by atoms with Crippen LogP contribution >= 0.6 is 0 Å². The van der Waals surface area contributed by atoms with Crippen molar-refractivity contribution in [2.75, 3.05) is 6.61 Å². The highest BCUT2D eigenvalue weighted by molar-refractivity contribution is 5.57.